The van der Waals surface area contributed by atoms with E-state index in [4.69, 9.17) is 4.42 Å². The van der Waals surface area contributed by atoms with Crippen LogP contribution in [0.3, 0.4) is 0 Å². The zero-order valence-electron chi connectivity index (χ0n) is 16.3. The third-order valence-corrected chi connectivity index (χ3v) is 5.88. The van der Waals surface area contributed by atoms with Gasteiger partial charge in [0.2, 0.25) is 11.8 Å². The number of rotatable bonds is 6. The topological polar surface area (TPSA) is 74.6 Å². The second-order valence-electron chi connectivity index (χ2n) is 7.99. The van der Waals surface area contributed by atoms with Crippen LogP contribution >= 0.6 is 0 Å². The molecule has 2 saturated heterocycles. The number of nitrogens with one attached hydrogen (secondary N) is 2. The molecule has 2 N–H and O–H groups in total. The van der Waals surface area contributed by atoms with Gasteiger partial charge in [-0.15, -0.1) is 0 Å². The molecule has 4 rings (SSSR count). The number of benzene rings is 1. The SMILES string of the molecule is O=C(NCC1CCCN(C(=O)CCc2cc3ccccc3o2)C1)C1CCCN1. The maximum atomic E-state index is 12.7. The minimum atomic E-state index is -0.0369. The molecule has 2 fully saturated rings. The summed E-state index contributed by atoms with van der Waals surface area (Å²) in [7, 11) is 0. The molecule has 2 amide bonds. The number of para-hydroxylation sites is 1. The molecule has 0 bridgehead atoms. The molecule has 6 nitrogen and oxygen atoms in total. The number of fused-ring (bicyclic) bond motifs is 1. The van der Waals surface area contributed by atoms with Gasteiger partial charge in [0.05, 0.1) is 6.04 Å². The standard InChI is InChI=1S/C22H29N3O3/c26-21(10-9-18-13-17-6-1-2-8-20(17)28-18)25-12-4-5-16(15-25)14-24-22(27)19-7-3-11-23-19/h1-2,6,8,13,16,19,23H,3-5,7,9-12,14-15H2,(H,24,27). The smallest absolute Gasteiger partial charge is 0.237 e. The zero-order chi connectivity index (χ0) is 19.3. The van der Waals surface area contributed by atoms with Gasteiger partial charge in [0, 0.05) is 37.9 Å². The molecular weight excluding hydrogens is 354 g/mol. The third-order valence-electron chi connectivity index (χ3n) is 5.88. The Morgan fingerprint density at radius 3 is 2.93 bits per heavy atom. The molecule has 1 aromatic carbocycles. The largest absolute Gasteiger partial charge is 0.461 e. The van der Waals surface area contributed by atoms with E-state index in [2.05, 4.69) is 10.6 Å². The lowest BCUT2D eigenvalue weighted by Crippen LogP contribution is -2.46. The summed E-state index contributed by atoms with van der Waals surface area (Å²) < 4.78 is 5.82. The van der Waals surface area contributed by atoms with Gasteiger partial charge in [-0.05, 0) is 50.3 Å². The van der Waals surface area contributed by atoms with Crippen molar-refractivity contribution in [2.45, 2.75) is 44.6 Å². The molecule has 2 unspecified atom stereocenters. The summed E-state index contributed by atoms with van der Waals surface area (Å²) in [6.07, 6.45) is 5.13. The predicted octanol–water partition coefficient (Wildman–Crippen LogP) is 2.47. The first-order valence-electron chi connectivity index (χ1n) is 10.5. The Balaban J connectivity index is 1.24. The van der Waals surface area contributed by atoms with E-state index < -0.39 is 0 Å². The average molecular weight is 383 g/mol. The van der Waals surface area contributed by atoms with Crippen LogP contribution in [0.2, 0.25) is 0 Å². The number of furan rings is 1. The highest BCUT2D eigenvalue weighted by Gasteiger charge is 2.26. The molecule has 2 aromatic rings. The fourth-order valence-electron chi connectivity index (χ4n) is 4.28. The van der Waals surface area contributed by atoms with Gasteiger partial charge in [0.1, 0.15) is 11.3 Å². The third kappa shape index (κ3) is 4.55. The van der Waals surface area contributed by atoms with Gasteiger partial charge in [0.15, 0.2) is 0 Å². The molecule has 1 aromatic heterocycles. The molecule has 2 atom stereocenters. The van der Waals surface area contributed by atoms with Gasteiger partial charge in [-0.2, -0.15) is 0 Å². The summed E-state index contributed by atoms with van der Waals surface area (Å²) in [5, 5.41) is 7.38. The monoisotopic (exact) mass is 383 g/mol. The zero-order valence-corrected chi connectivity index (χ0v) is 16.3. The maximum absolute atomic E-state index is 12.7. The van der Waals surface area contributed by atoms with E-state index >= 15 is 0 Å². The molecule has 2 aliphatic rings. The summed E-state index contributed by atoms with van der Waals surface area (Å²) in [5.41, 5.74) is 0.871. The Labute approximate surface area is 165 Å². The van der Waals surface area contributed by atoms with Crippen LogP contribution in [0.15, 0.2) is 34.7 Å². The quantitative estimate of drug-likeness (QED) is 0.804. The Hall–Kier alpha value is -2.34. The van der Waals surface area contributed by atoms with Gasteiger partial charge in [-0.1, -0.05) is 18.2 Å². The van der Waals surface area contributed by atoms with Crippen molar-refractivity contribution >= 4 is 22.8 Å². The van der Waals surface area contributed by atoms with E-state index in [0.29, 0.717) is 25.3 Å². The minimum Gasteiger partial charge on any atom is -0.461 e. The highest BCUT2D eigenvalue weighted by atomic mass is 16.3. The van der Waals surface area contributed by atoms with Crippen LogP contribution in [0.1, 0.15) is 37.9 Å². The van der Waals surface area contributed by atoms with Gasteiger partial charge >= 0.3 is 0 Å². The first-order chi connectivity index (χ1) is 13.7. The summed E-state index contributed by atoms with van der Waals surface area (Å²) in [4.78, 5) is 26.8. The molecule has 3 heterocycles. The number of nitrogens with zero attached hydrogens (tertiary/aromatic N) is 1. The van der Waals surface area contributed by atoms with Crippen molar-refractivity contribution in [3.8, 4) is 0 Å². The molecule has 0 aliphatic carbocycles. The van der Waals surface area contributed by atoms with Crippen molar-refractivity contribution in [2.75, 3.05) is 26.2 Å². The lowest BCUT2D eigenvalue weighted by molar-refractivity contribution is -0.133. The van der Waals surface area contributed by atoms with E-state index in [1.54, 1.807) is 0 Å². The van der Waals surface area contributed by atoms with E-state index in [-0.39, 0.29) is 17.9 Å². The Kier molecular flexibility index (Phi) is 5.95. The van der Waals surface area contributed by atoms with Gasteiger partial charge < -0.3 is 20.0 Å². The number of piperidine rings is 1. The van der Waals surface area contributed by atoms with Crippen LogP contribution in [-0.2, 0) is 16.0 Å². The first kappa shape index (κ1) is 19.0. The molecule has 6 heteroatoms. The van der Waals surface area contributed by atoms with Gasteiger partial charge in [0.25, 0.3) is 0 Å². The number of likely N-dealkylation sites (tertiary alicyclic amines) is 1. The Bertz CT molecular complexity index is 792. The Morgan fingerprint density at radius 1 is 1.21 bits per heavy atom. The van der Waals surface area contributed by atoms with Crippen molar-refractivity contribution < 1.29 is 14.0 Å². The lowest BCUT2D eigenvalue weighted by atomic mass is 9.97. The van der Waals surface area contributed by atoms with Crippen molar-refractivity contribution in [1.82, 2.24) is 15.5 Å². The fraction of sp³-hybridized carbons (Fsp3) is 0.545. The fourth-order valence-corrected chi connectivity index (χ4v) is 4.28. The predicted molar refractivity (Wildman–Crippen MR) is 108 cm³/mol. The number of carbonyl (C=O) groups excluding carboxylic acids is 2. The van der Waals surface area contributed by atoms with Crippen molar-refractivity contribution in [1.29, 1.82) is 0 Å². The van der Waals surface area contributed by atoms with Gasteiger partial charge in [-0.3, -0.25) is 9.59 Å². The summed E-state index contributed by atoms with van der Waals surface area (Å²) in [6.45, 7) is 3.13. The van der Waals surface area contributed by atoms with Crippen LogP contribution in [0.25, 0.3) is 11.0 Å². The number of aryl methyl sites for hydroxylation is 1. The molecule has 0 spiro atoms. The number of carbonyl (C=O) groups is 2. The van der Waals surface area contributed by atoms with Gasteiger partial charge in [-0.25, -0.2) is 0 Å². The molecule has 0 saturated carbocycles. The van der Waals surface area contributed by atoms with E-state index in [1.165, 1.54) is 0 Å². The lowest BCUT2D eigenvalue weighted by Gasteiger charge is -2.33. The second-order valence-corrected chi connectivity index (χ2v) is 7.99. The maximum Gasteiger partial charge on any atom is 0.237 e. The van der Waals surface area contributed by atoms with Crippen molar-refractivity contribution in [2.24, 2.45) is 5.92 Å². The molecule has 0 radical (unpaired) electrons. The second kappa shape index (κ2) is 8.78. The molecule has 2 aliphatic heterocycles. The van der Waals surface area contributed by atoms with Crippen LogP contribution in [0.4, 0.5) is 0 Å². The summed E-state index contributed by atoms with van der Waals surface area (Å²) in [5.74, 6) is 1.48. The average Bonchev–Trinajstić information content (AvgIpc) is 3.40. The normalized spacial score (nSPS) is 22.5. The Morgan fingerprint density at radius 2 is 2.11 bits per heavy atom. The van der Waals surface area contributed by atoms with E-state index in [9.17, 15) is 9.59 Å². The van der Waals surface area contributed by atoms with Crippen molar-refractivity contribution in [3.05, 3.63) is 36.1 Å². The highest BCUT2D eigenvalue weighted by molar-refractivity contribution is 5.82. The minimum absolute atomic E-state index is 0.0369. The number of hydrogen-bond donors (Lipinski definition) is 2. The molecule has 28 heavy (non-hydrogen) atoms. The number of amides is 2. The van der Waals surface area contributed by atoms with Crippen LogP contribution < -0.4 is 10.6 Å². The van der Waals surface area contributed by atoms with E-state index in [1.807, 2.05) is 35.2 Å². The van der Waals surface area contributed by atoms with Crippen LogP contribution in [-0.4, -0.2) is 48.9 Å². The number of hydrogen-bond acceptors (Lipinski definition) is 4. The van der Waals surface area contributed by atoms with Crippen LogP contribution in [0.5, 0.6) is 0 Å². The molecular formula is C22H29N3O3. The molecule has 150 valence electrons. The van der Waals surface area contributed by atoms with Crippen molar-refractivity contribution in [3.63, 3.8) is 0 Å². The van der Waals surface area contributed by atoms with Crippen LogP contribution in [0, 0.1) is 5.92 Å². The van der Waals surface area contributed by atoms with E-state index in [0.717, 1.165) is 62.0 Å². The first-order valence-corrected chi connectivity index (χ1v) is 10.5. The summed E-state index contributed by atoms with van der Waals surface area (Å²) in [6, 6.07) is 9.90. The highest BCUT2D eigenvalue weighted by Crippen LogP contribution is 2.21. The summed E-state index contributed by atoms with van der Waals surface area (Å²) >= 11 is 0.